The maximum Gasteiger partial charge on any atom is 0.151 e. The second-order valence-corrected chi connectivity index (χ2v) is 9.49. The van der Waals surface area contributed by atoms with Gasteiger partial charge in [-0.1, -0.05) is 121 Å². The predicted molar refractivity (Wildman–Crippen MR) is 153 cm³/mol. The summed E-state index contributed by atoms with van der Waals surface area (Å²) in [5, 5.41) is 11.4. The molecule has 1 N–H and O–H groups in total. The van der Waals surface area contributed by atoms with Crippen molar-refractivity contribution in [1.29, 1.82) is 0 Å². The first-order valence-electron chi connectivity index (χ1n) is 13.4. The second kappa shape index (κ2) is 16.5. The van der Waals surface area contributed by atoms with Crippen molar-refractivity contribution in [1.82, 2.24) is 0 Å². The summed E-state index contributed by atoms with van der Waals surface area (Å²) in [7, 11) is 0. The van der Waals surface area contributed by atoms with Crippen molar-refractivity contribution < 1.29 is 28.8 Å². The van der Waals surface area contributed by atoms with Crippen molar-refractivity contribution in [3.8, 4) is 0 Å². The highest BCUT2D eigenvalue weighted by molar-refractivity contribution is 5.57. The van der Waals surface area contributed by atoms with Crippen LogP contribution in [0.15, 0.2) is 121 Å². The molecular weight excluding hydrogens is 504 g/mol. The van der Waals surface area contributed by atoms with Gasteiger partial charge in [-0.3, -0.25) is 0 Å². The number of ether oxygens (including phenoxy) is 4. The smallest absolute Gasteiger partial charge is 0.151 e. The van der Waals surface area contributed by atoms with Gasteiger partial charge in [0.1, 0.15) is 24.4 Å². The molecule has 0 spiro atoms. The molecule has 0 amide bonds. The summed E-state index contributed by atoms with van der Waals surface area (Å²) in [4.78, 5) is 12.4. The Kier molecular flexibility index (Phi) is 12.1. The van der Waals surface area contributed by atoms with E-state index in [0.717, 1.165) is 28.5 Å². The zero-order valence-corrected chi connectivity index (χ0v) is 22.5. The third-order valence-corrected chi connectivity index (χ3v) is 6.42. The Bertz CT molecular complexity index is 1220. The van der Waals surface area contributed by atoms with E-state index in [-0.39, 0.29) is 26.4 Å². The van der Waals surface area contributed by atoms with Gasteiger partial charge in [0, 0.05) is 0 Å². The van der Waals surface area contributed by atoms with Crippen molar-refractivity contribution >= 4 is 6.29 Å². The van der Waals surface area contributed by atoms with Gasteiger partial charge >= 0.3 is 0 Å². The maximum absolute atomic E-state index is 12.4. The SMILES string of the molecule is O=C[C@H](OCc1ccccc1)[C@@H](OCc1ccccc1)[C@@H](OCc1ccccc1)C(O)COCc1ccccc1. The molecule has 208 valence electrons. The molecule has 0 radical (unpaired) electrons. The largest absolute Gasteiger partial charge is 0.388 e. The minimum Gasteiger partial charge on any atom is -0.388 e. The van der Waals surface area contributed by atoms with Crippen LogP contribution in [0.2, 0.25) is 0 Å². The average Bonchev–Trinajstić information content (AvgIpc) is 3.01. The van der Waals surface area contributed by atoms with Gasteiger partial charge in [-0.15, -0.1) is 0 Å². The number of aliphatic hydroxyl groups excluding tert-OH is 1. The number of hydrogen-bond acceptors (Lipinski definition) is 6. The fourth-order valence-electron chi connectivity index (χ4n) is 4.28. The van der Waals surface area contributed by atoms with Crippen LogP contribution in [0.3, 0.4) is 0 Å². The van der Waals surface area contributed by atoms with Crippen LogP contribution in [-0.2, 0) is 50.2 Å². The Hall–Kier alpha value is -3.65. The summed E-state index contributed by atoms with van der Waals surface area (Å²) < 4.78 is 24.5. The molecule has 6 heteroatoms. The van der Waals surface area contributed by atoms with Crippen LogP contribution in [-0.4, -0.2) is 42.4 Å². The maximum atomic E-state index is 12.4. The van der Waals surface area contributed by atoms with E-state index in [2.05, 4.69) is 0 Å². The molecule has 4 aromatic rings. The first-order chi connectivity index (χ1) is 19.7. The van der Waals surface area contributed by atoms with E-state index in [9.17, 15) is 9.90 Å². The predicted octanol–water partition coefficient (Wildman–Crippen LogP) is 5.52. The molecule has 4 aromatic carbocycles. The van der Waals surface area contributed by atoms with Crippen LogP contribution < -0.4 is 0 Å². The van der Waals surface area contributed by atoms with Gasteiger partial charge in [0.05, 0.1) is 33.0 Å². The lowest BCUT2D eigenvalue weighted by Crippen LogP contribution is -2.50. The van der Waals surface area contributed by atoms with Gasteiger partial charge in [0.25, 0.3) is 0 Å². The second-order valence-electron chi connectivity index (χ2n) is 9.49. The van der Waals surface area contributed by atoms with Gasteiger partial charge in [-0.2, -0.15) is 0 Å². The van der Waals surface area contributed by atoms with Crippen molar-refractivity contribution in [3.05, 3.63) is 144 Å². The molecule has 40 heavy (non-hydrogen) atoms. The number of rotatable bonds is 17. The molecule has 0 aliphatic rings. The number of carbonyl (C=O) groups excluding carboxylic acids is 1. The monoisotopic (exact) mass is 540 g/mol. The Morgan fingerprint density at radius 3 is 1.32 bits per heavy atom. The van der Waals surface area contributed by atoms with Gasteiger partial charge in [0.2, 0.25) is 0 Å². The lowest BCUT2D eigenvalue weighted by molar-refractivity contribution is -0.185. The topological polar surface area (TPSA) is 74.2 Å². The third-order valence-electron chi connectivity index (χ3n) is 6.42. The zero-order valence-electron chi connectivity index (χ0n) is 22.5. The Balaban J connectivity index is 1.53. The molecular formula is C34H36O6. The lowest BCUT2D eigenvalue weighted by atomic mass is 10.0. The van der Waals surface area contributed by atoms with E-state index < -0.39 is 24.4 Å². The average molecular weight is 541 g/mol. The molecule has 1 unspecified atom stereocenters. The van der Waals surface area contributed by atoms with Gasteiger partial charge in [-0.05, 0) is 22.3 Å². The van der Waals surface area contributed by atoms with Crippen molar-refractivity contribution in [2.75, 3.05) is 6.61 Å². The summed E-state index contributed by atoms with van der Waals surface area (Å²) >= 11 is 0. The first-order valence-corrected chi connectivity index (χ1v) is 13.4. The van der Waals surface area contributed by atoms with E-state index in [4.69, 9.17) is 18.9 Å². The fourth-order valence-corrected chi connectivity index (χ4v) is 4.28. The molecule has 0 heterocycles. The quantitative estimate of drug-likeness (QED) is 0.178. The van der Waals surface area contributed by atoms with Crippen molar-refractivity contribution in [2.24, 2.45) is 0 Å². The van der Waals surface area contributed by atoms with Crippen LogP contribution in [0.25, 0.3) is 0 Å². The summed E-state index contributed by atoms with van der Waals surface area (Å²) in [6.07, 6.45) is -3.18. The van der Waals surface area contributed by atoms with E-state index in [0.29, 0.717) is 6.61 Å². The third kappa shape index (κ3) is 9.52. The van der Waals surface area contributed by atoms with Crippen LogP contribution in [0.4, 0.5) is 0 Å². The lowest BCUT2D eigenvalue weighted by Gasteiger charge is -2.34. The summed E-state index contributed by atoms with van der Waals surface area (Å²) in [6, 6.07) is 38.7. The van der Waals surface area contributed by atoms with Crippen LogP contribution >= 0.6 is 0 Å². The van der Waals surface area contributed by atoms with Gasteiger partial charge < -0.3 is 28.8 Å². The summed E-state index contributed by atoms with van der Waals surface area (Å²) in [5.41, 5.74) is 3.77. The molecule has 0 aliphatic carbocycles. The van der Waals surface area contributed by atoms with Crippen LogP contribution in [0.1, 0.15) is 22.3 Å². The Morgan fingerprint density at radius 2 is 0.900 bits per heavy atom. The molecule has 4 rings (SSSR count). The zero-order chi connectivity index (χ0) is 27.8. The molecule has 0 fully saturated rings. The number of hydrogen-bond donors (Lipinski definition) is 1. The van der Waals surface area contributed by atoms with E-state index in [1.807, 2.05) is 121 Å². The molecule has 0 aliphatic heterocycles. The number of carbonyl (C=O) groups is 1. The van der Waals surface area contributed by atoms with Crippen molar-refractivity contribution in [2.45, 2.75) is 50.8 Å². The molecule has 0 saturated heterocycles. The molecule has 0 bridgehead atoms. The van der Waals surface area contributed by atoms with Crippen LogP contribution in [0, 0.1) is 0 Å². The summed E-state index contributed by atoms with van der Waals surface area (Å²) in [5.74, 6) is 0. The summed E-state index contributed by atoms with van der Waals surface area (Å²) in [6.45, 7) is 0.968. The fraction of sp³-hybridized carbons (Fsp3) is 0.265. The molecule has 4 atom stereocenters. The Morgan fingerprint density at radius 1 is 0.525 bits per heavy atom. The van der Waals surface area contributed by atoms with Crippen molar-refractivity contribution in [3.63, 3.8) is 0 Å². The van der Waals surface area contributed by atoms with E-state index in [1.54, 1.807) is 0 Å². The number of aldehydes is 1. The normalized spacial score (nSPS) is 14.2. The van der Waals surface area contributed by atoms with Gasteiger partial charge in [0.15, 0.2) is 6.29 Å². The molecule has 0 aromatic heterocycles. The highest BCUT2D eigenvalue weighted by Crippen LogP contribution is 2.21. The first kappa shape index (κ1) is 29.3. The minimum atomic E-state index is -1.09. The minimum absolute atomic E-state index is 0.0101. The number of benzene rings is 4. The highest BCUT2D eigenvalue weighted by Gasteiger charge is 2.37. The van der Waals surface area contributed by atoms with Gasteiger partial charge in [-0.25, -0.2) is 0 Å². The Labute approximate surface area is 236 Å². The highest BCUT2D eigenvalue weighted by atomic mass is 16.6. The standard InChI is InChI=1S/C34H36O6/c35-21-32(38-23-28-15-7-2-8-16-28)34(40-25-30-19-11-4-12-20-30)33(39-24-29-17-9-3-10-18-29)31(36)26-37-22-27-13-5-1-6-14-27/h1-21,31-34,36H,22-26H2/t31?,32-,33-,34+/m0/s1. The van der Waals surface area contributed by atoms with E-state index >= 15 is 0 Å². The van der Waals surface area contributed by atoms with E-state index in [1.165, 1.54) is 0 Å². The molecule has 0 saturated carbocycles. The molecule has 6 nitrogen and oxygen atoms in total. The number of aliphatic hydroxyl groups is 1. The van der Waals surface area contributed by atoms with Crippen LogP contribution in [0.5, 0.6) is 0 Å².